The molecule has 0 aliphatic heterocycles. The fourth-order valence-corrected chi connectivity index (χ4v) is 2.95. The van der Waals surface area contributed by atoms with E-state index in [-0.39, 0.29) is 18.1 Å². The highest BCUT2D eigenvalue weighted by Crippen LogP contribution is 2.35. The highest BCUT2D eigenvalue weighted by molar-refractivity contribution is 6.35. The van der Waals surface area contributed by atoms with Crippen LogP contribution in [0.2, 0.25) is 5.02 Å². The van der Waals surface area contributed by atoms with Gasteiger partial charge in [0.15, 0.2) is 5.82 Å². The number of halogens is 2. The summed E-state index contributed by atoms with van der Waals surface area (Å²) in [6, 6.07) is 5.42. The van der Waals surface area contributed by atoms with Crippen molar-refractivity contribution in [2.45, 2.75) is 26.1 Å². The summed E-state index contributed by atoms with van der Waals surface area (Å²) in [5.74, 6) is -0.658. The van der Waals surface area contributed by atoms with Gasteiger partial charge in [-0.1, -0.05) is 11.6 Å². The van der Waals surface area contributed by atoms with Gasteiger partial charge >= 0.3 is 0 Å². The molecule has 0 spiro atoms. The minimum Gasteiger partial charge on any atom is -0.309 e. The SMILES string of the molecule is CCn1cc(-c2cc(Cl)c3nnc(NC(=O)[C@@H]4C[C@@H]4F)cc3c2)cn1. The molecule has 25 heavy (non-hydrogen) atoms. The van der Waals surface area contributed by atoms with Gasteiger partial charge in [-0.3, -0.25) is 9.48 Å². The molecule has 0 bridgehead atoms. The van der Waals surface area contributed by atoms with Crippen LogP contribution in [-0.4, -0.2) is 32.1 Å². The Morgan fingerprint density at radius 1 is 1.36 bits per heavy atom. The lowest BCUT2D eigenvalue weighted by Gasteiger charge is -2.07. The number of hydrogen-bond donors (Lipinski definition) is 1. The van der Waals surface area contributed by atoms with Gasteiger partial charge in [0, 0.05) is 23.7 Å². The lowest BCUT2D eigenvalue weighted by Crippen LogP contribution is -2.16. The predicted molar refractivity (Wildman–Crippen MR) is 93.1 cm³/mol. The van der Waals surface area contributed by atoms with Gasteiger partial charge in [-0.15, -0.1) is 10.2 Å². The van der Waals surface area contributed by atoms with E-state index in [1.165, 1.54) is 0 Å². The van der Waals surface area contributed by atoms with Crippen molar-refractivity contribution in [3.8, 4) is 11.1 Å². The molecular weight excluding hydrogens is 345 g/mol. The van der Waals surface area contributed by atoms with Crippen LogP contribution in [0.5, 0.6) is 0 Å². The molecule has 0 radical (unpaired) electrons. The summed E-state index contributed by atoms with van der Waals surface area (Å²) in [6.07, 6.45) is 2.92. The van der Waals surface area contributed by atoms with Crippen molar-refractivity contribution in [2.75, 3.05) is 5.32 Å². The number of alkyl halides is 1. The third-order valence-corrected chi connectivity index (χ3v) is 4.52. The second-order valence-corrected chi connectivity index (χ2v) is 6.46. The summed E-state index contributed by atoms with van der Waals surface area (Å²) in [4.78, 5) is 11.9. The lowest BCUT2D eigenvalue weighted by molar-refractivity contribution is -0.117. The van der Waals surface area contributed by atoms with Gasteiger partial charge in [0.2, 0.25) is 5.91 Å². The maximum Gasteiger partial charge on any atom is 0.231 e. The van der Waals surface area contributed by atoms with E-state index in [1.807, 2.05) is 29.9 Å². The molecule has 1 saturated carbocycles. The number of amides is 1. The number of aryl methyl sites for hydroxylation is 1. The molecule has 0 saturated heterocycles. The van der Waals surface area contributed by atoms with Crippen LogP contribution in [0.15, 0.2) is 30.6 Å². The van der Waals surface area contributed by atoms with Gasteiger partial charge in [-0.2, -0.15) is 5.10 Å². The summed E-state index contributed by atoms with van der Waals surface area (Å²) >= 11 is 6.32. The molecule has 1 N–H and O–H groups in total. The van der Waals surface area contributed by atoms with Crippen LogP contribution >= 0.6 is 11.6 Å². The second kappa shape index (κ2) is 6.07. The maximum absolute atomic E-state index is 13.0. The fraction of sp³-hybridized carbons (Fsp3) is 0.294. The number of fused-ring (bicyclic) bond motifs is 1. The highest BCUT2D eigenvalue weighted by Gasteiger charge is 2.43. The zero-order chi connectivity index (χ0) is 17.6. The van der Waals surface area contributed by atoms with Crippen LogP contribution in [0.3, 0.4) is 0 Å². The standard InChI is InChI=1S/C17H15ClFN5O/c1-2-24-8-11(7-20-24)9-3-10-5-15(21-17(25)12-6-14(12)19)22-23-16(10)13(18)4-9/h3-5,7-8,12,14H,2,6H2,1H3,(H,21,22,25)/t12-,14+/m1/s1. The quantitative estimate of drug-likeness (QED) is 0.774. The molecule has 2 aromatic heterocycles. The van der Waals surface area contributed by atoms with E-state index >= 15 is 0 Å². The van der Waals surface area contributed by atoms with E-state index in [0.29, 0.717) is 10.5 Å². The first kappa shape index (κ1) is 16.0. The Morgan fingerprint density at radius 3 is 2.84 bits per heavy atom. The Labute approximate surface area is 148 Å². The minimum atomic E-state index is -1.05. The van der Waals surface area contributed by atoms with E-state index in [1.54, 1.807) is 12.3 Å². The van der Waals surface area contributed by atoms with Gasteiger partial charge in [0.25, 0.3) is 0 Å². The van der Waals surface area contributed by atoms with Crippen LogP contribution in [0.1, 0.15) is 13.3 Å². The van der Waals surface area contributed by atoms with Crippen molar-refractivity contribution in [1.82, 2.24) is 20.0 Å². The molecular formula is C17H15ClFN5O. The first-order valence-corrected chi connectivity index (χ1v) is 8.37. The number of carbonyl (C=O) groups excluding carboxylic acids is 1. The fourth-order valence-electron chi connectivity index (χ4n) is 2.68. The topological polar surface area (TPSA) is 72.7 Å². The summed E-state index contributed by atoms with van der Waals surface area (Å²) in [5, 5.41) is 16.1. The molecule has 2 heterocycles. The van der Waals surface area contributed by atoms with Gasteiger partial charge in [-0.25, -0.2) is 4.39 Å². The summed E-state index contributed by atoms with van der Waals surface area (Å²) in [5.41, 5.74) is 2.38. The number of rotatable bonds is 4. The van der Waals surface area contributed by atoms with Crippen LogP contribution < -0.4 is 5.32 Å². The molecule has 1 aliphatic carbocycles. The van der Waals surface area contributed by atoms with Crippen molar-refractivity contribution in [1.29, 1.82) is 0 Å². The van der Waals surface area contributed by atoms with E-state index in [4.69, 9.17) is 11.6 Å². The van der Waals surface area contributed by atoms with Gasteiger partial charge in [0.1, 0.15) is 11.7 Å². The number of nitrogens with zero attached hydrogens (tertiary/aromatic N) is 4. The van der Waals surface area contributed by atoms with Gasteiger partial charge in [0.05, 0.1) is 17.1 Å². The molecule has 128 valence electrons. The molecule has 1 amide bonds. The summed E-state index contributed by atoms with van der Waals surface area (Å²) in [6.45, 7) is 2.79. The van der Waals surface area contributed by atoms with E-state index < -0.39 is 12.1 Å². The van der Waals surface area contributed by atoms with Gasteiger partial charge in [-0.05, 0) is 37.1 Å². The second-order valence-electron chi connectivity index (χ2n) is 6.06. The van der Waals surface area contributed by atoms with Crippen molar-refractivity contribution < 1.29 is 9.18 Å². The zero-order valence-corrected chi connectivity index (χ0v) is 14.2. The highest BCUT2D eigenvalue weighted by atomic mass is 35.5. The number of aromatic nitrogens is 4. The van der Waals surface area contributed by atoms with Crippen molar-refractivity contribution in [3.63, 3.8) is 0 Å². The van der Waals surface area contributed by atoms with Crippen molar-refractivity contribution in [2.24, 2.45) is 5.92 Å². The summed E-state index contributed by atoms with van der Waals surface area (Å²) in [7, 11) is 0. The lowest BCUT2D eigenvalue weighted by atomic mass is 10.1. The Hall–Kier alpha value is -2.54. The number of carbonyl (C=O) groups is 1. The van der Waals surface area contributed by atoms with Crippen molar-refractivity contribution in [3.05, 3.63) is 35.6 Å². The predicted octanol–water partition coefficient (Wildman–Crippen LogP) is 3.46. The third kappa shape index (κ3) is 3.07. The third-order valence-electron chi connectivity index (χ3n) is 4.23. The number of hydrogen-bond acceptors (Lipinski definition) is 4. The van der Waals surface area contributed by atoms with Crippen LogP contribution in [-0.2, 0) is 11.3 Å². The Kier molecular flexibility index (Phi) is 3.88. The molecule has 4 rings (SSSR count). The Balaban J connectivity index is 1.69. The molecule has 6 nitrogen and oxygen atoms in total. The minimum absolute atomic E-state index is 0.268. The average molecular weight is 360 g/mol. The van der Waals surface area contributed by atoms with Crippen LogP contribution in [0.4, 0.5) is 10.2 Å². The first-order chi connectivity index (χ1) is 12.0. The van der Waals surface area contributed by atoms with Crippen LogP contribution in [0, 0.1) is 5.92 Å². The van der Waals surface area contributed by atoms with E-state index in [9.17, 15) is 9.18 Å². The smallest absolute Gasteiger partial charge is 0.231 e. The first-order valence-electron chi connectivity index (χ1n) is 8.00. The molecule has 1 aliphatic rings. The number of anilines is 1. The van der Waals surface area contributed by atoms with Crippen molar-refractivity contribution >= 4 is 34.2 Å². The summed E-state index contributed by atoms with van der Waals surface area (Å²) < 4.78 is 14.8. The maximum atomic E-state index is 13.0. The zero-order valence-electron chi connectivity index (χ0n) is 13.4. The molecule has 0 unspecified atom stereocenters. The molecule has 1 aromatic carbocycles. The van der Waals surface area contributed by atoms with E-state index in [0.717, 1.165) is 23.1 Å². The van der Waals surface area contributed by atoms with Crippen LogP contribution in [0.25, 0.3) is 22.0 Å². The molecule has 1 fully saturated rings. The molecule has 2 atom stereocenters. The number of nitrogens with one attached hydrogen (secondary N) is 1. The Bertz CT molecular complexity index is 973. The number of benzene rings is 1. The largest absolute Gasteiger partial charge is 0.309 e. The molecule has 8 heteroatoms. The average Bonchev–Trinajstić information content (AvgIpc) is 3.14. The molecule has 3 aromatic rings. The van der Waals surface area contributed by atoms with Gasteiger partial charge < -0.3 is 5.32 Å². The Morgan fingerprint density at radius 2 is 2.16 bits per heavy atom. The monoisotopic (exact) mass is 359 g/mol. The normalized spacial score (nSPS) is 19.2. The van der Waals surface area contributed by atoms with E-state index in [2.05, 4.69) is 20.6 Å².